The van der Waals surface area contributed by atoms with E-state index in [4.69, 9.17) is 4.52 Å². The third-order valence-electron chi connectivity index (χ3n) is 3.97. The molecule has 2 aromatic heterocycles. The number of carbonyl (C=O) groups is 1. The number of piperidine rings is 1. The molecule has 2 amide bonds. The summed E-state index contributed by atoms with van der Waals surface area (Å²) in [5, 5.41) is 6.76. The molecule has 0 aliphatic carbocycles. The minimum Gasteiger partial charge on any atom is -0.337 e. The molecule has 24 heavy (non-hydrogen) atoms. The lowest BCUT2D eigenvalue weighted by Crippen LogP contribution is -2.44. The number of rotatable bonds is 5. The number of likely N-dealkylation sites (tertiary alicyclic amines) is 1. The molecule has 3 rings (SSSR count). The largest absolute Gasteiger partial charge is 0.337 e. The van der Waals surface area contributed by atoms with E-state index < -0.39 is 0 Å². The fraction of sp³-hybridized carbons (Fsp3) is 0.500. The van der Waals surface area contributed by atoms with Crippen molar-refractivity contribution in [2.45, 2.75) is 37.6 Å². The number of aromatic nitrogens is 3. The Hall–Kier alpha value is -2.09. The topological polar surface area (TPSA) is 84.2 Å². The van der Waals surface area contributed by atoms with Crippen LogP contribution in [0.5, 0.6) is 0 Å². The molecule has 1 aliphatic rings. The molecule has 1 aliphatic heterocycles. The number of urea groups is 1. The maximum Gasteiger partial charge on any atom is 0.318 e. The van der Waals surface area contributed by atoms with Gasteiger partial charge in [0.1, 0.15) is 0 Å². The molecular formula is C16H21N5O2S. The second-order valence-corrected chi connectivity index (χ2v) is 6.52. The quantitative estimate of drug-likeness (QED) is 0.895. The molecule has 3 heterocycles. The molecule has 7 nitrogen and oxygen atoms in total. The SMILES string of the molecule is CSCc1noc(CNC(=O)N2CCCC[C@H]2c2ccccn2)n1. The van der Waals surface area contributed by atoms with Gasteiger partial charge in [0.15, 0.2) is 5.82 Å². The van der Waals surface area contributed by atoms with E-state index in [9.17, 15) is 4.79 Å². The van der Waals surface area contributed by atoms with Crippen LogP contribution >= 0.6 is 11.8 Å². The van der Waals surface area contributed by atoms with E-state index in [-0.39, 0.29) is 18.6 Å². The van der Waals surface area contributed by atoms with E-state index in [1.165, 1.54) is 0 Å². The first-order chi connectivity index (χ1) is 11.8. The Morgan fingerprint density at radius 2 is 2.38 bits per heavy atom. The first-order valence-corrected chi connectivity index (χ1v) is 9.43. The Kier molecular flexibility index (Phi) is 5.68. The summed E-state index contributed by atoms with van der Waals surface area (Å²) >= 11 is 1.63. The molecule has 0 unspecified atom stereocenters. The van der Waals surface area contributed by atoms with E-state index in [0.717, 1.165) is 31.5 Å². The average molecular weight is 347 g/mol. The molecule has 0 saturated carbocycles. The summed E-state index contributed by atoms with van der Waals surface area (Å²) in [6.45, 7) is 0.973. The Balaban J connectivity index is 1.61. The van der Waals surface area contributed by atoms with Crippen LogP contribution < -0.4 is 5.32 Å². The van der Waals surface area contributed by atoms with E-state index in [1.54, 1.807) is 18.0 Å². The maximum absolute atomic E-state index is 12.6. The lowest BCUT2D eigenvalue weighted by molar-refractivity contribution is 0.148. The highest BCUT2D eigenvalue weighted by Crippen LogP contribution is 2.29. The van der Waals surface area contributed by atoms with Gasteiger partial charge in [-0.3, -0.25) is 4.98 Å². The molecule has 0 aromatic carbocycles. The molecule has 8 heteroatoms. The summed E-state index contributed by atoms with van der Waals surface area (Å²) in [5.41, 5.74) is 0.937. The van der Waals surface area contributed by atoms with Crippen molar-refractivity contribution in [1.82, 2.24) is 25.3 Å². The van der Waals surface area contributed by atoms with Crippen molar-refractivity contribution in [3.63, 3.8) is 0 Å². The Bertz CT molecular complexity index is 663. The fourth-order valence-electron chi connectivity index (χ4n) is 2.86. The lowest BCUT2D eigenvalue weighted by atomic mass is 9.99. The fourth-order valence-corrected chi connectivity index (χ4v) is 3.23. The normalized spacial score (nSPS) is 17.7. The summed E-state index contributed by atoms with van der Waals surface area (Å²) in [6.07, 6.45) is 6.79. The van der Waals surface area contributed by atoms with Crippen molar-refractivity contribution in [2.75, 3.05) is 12.8 Å². The molecule has 1 fully saturated rings. The van der Waals surface area contributed by atoms with Gasteiger partial charge in [0.25, 0.3) is 0 Å². The second-order valence-electron chi connectivity index (χ2n) is 5.66. The van der Waals surface area contributed by atoms with Gasteiger partial charge in [-0.2, -0.15) is 16.7 Å². The van der Waals surface area contributed by atoms with Gasteiger partial charge in [0, 0.05) is 12.7 Å². The summed E-state index contributed by atoms with van der Waals surface area (Å²) in [6, 6.07) is 5.73. The Morgan fingerprint density at radius 1 is 1.46 bits per heavy atom. The zero-order valence-electron chi connectivity index (χ0n) is 13.6. The van der Waals surface area contributed by atoms with Gasteiger partial charge < -0.3 is 14.7 Å². The molecule has 0 radical (unpaired) electrons. The van der Waals surface area contributed by atoms with Gasteiger partial charge in [-0.15, -0.1) is 0 Å². The number of hydrogen-bond acceptors (Lipinski definition) is 6. The molecule has 0 spiro atoms. The van der Waals surface area contributed by atoms with Crippen LogP contribution in [-0.4, -0.2) is 38.9 Å². The number of nitrogens with one attached hydrogen (secondary N) is 1. The van der Waals surface area contributed by atoms with Crippen LogP contribution in [0.2, 0.25) is 0 Å². The highest BCUT2D eigenvalue weighted by molar-refractivity contribution is 7.97. The van der Waals surface area contributed by atoms with Crippen LogP contribution in [-0.2, 0) is 12.3 Å². The van der Waals surface area contributed by atoms with E-state index >= 15 is 0 Å². The van der Waals surface area contributed by atoms with Gasteiger partial charge in [0.05, 0.1) is 24.0 Å². The van der Waals surface area contributed by atoms with Gasteiger partial charge in [-0.1, -0.05) is 11.2 Å². The monoisotopic (exact) mass is 347 g/mol. The maximum atomic E-state index is 12.6. The minimum absolute atomic E-state index is 0.0229. The molecule has 1 saturated heterocycles. The average Bonchev–Trinajstić information content (AvgIpc) is 3.08. The van der Waals surface area contributed by atoms with E-state index in [1.807, 2.05) is 29.4 Å². The van der Waals surface area contributed by atoms with Gasteiger partial charge in [-0.05, 0) is 37.7 Å². The summed E-state index contributed by atoms with van der Waals surface area (Å²) in [4.78, 5) is 23.1. The first kappa shape index (κ1) is 16.8. The van der Waals surface area contributed by atoms with E-state index in [0.29, 0.717) is 17.5 Å². The third kappa shape index (κ3) is 4.05. The van der Waals surface area contributed by atoms with Crippen LogP contribution in [0.1, 0.15) is 42.7 Å². The van der Waals surface area contributed by atoms with Crippen LogP contribution in [0.15, 0.2) is 28.9 Å². The van der Waals surface area contributed by atoms with Crippen LogP contribution in [0.3, 0.4) is 0 Å². The van der Waals surface area contributed by atoms with Crippen LogP contribution in [0.25, 0.3) is 0 Å². The minimum atomic E-state index is -0.116. The highest BCUT2D eigenvalue weighted by atomic mass is 32.2. The van der Waals surface area contributed by atoms with Crippen molar-refractivity contribution < 1.29 is 9.32 Å². The van der Waals surface area contributed by atoms with Crippen LogP contribution in [0.4, 0.5) is 4.79 Å². The van der Waals surface area contributed by atoms with Gasteiger partial charge >= 0.3 is 6.03 Å². The highest BCUT2D eigenvalue weighted by Gasteiger charge is 2.28. The lowest BCUT2D eigenvalue weighted by Gasteiger charge is -2.35. The molecule has 0 bridgehead atoms. The molecule has 1 atom stereocenters. The molecule has 2 aromatic rings. The number of carbonyl (C=O) groups excluding carboxylic acids is 1. The van der Waals surface area contributed by atoms with Crippen molar-refractivity contribution in [3.8, 4) is 0 Å². The van der Waals surface area contributed by atoms with Gasteiger partial charge in [-0.25, -0.2) is 4.79 Å². The molecular weight excluding hydrogens is 326 g/mol. The zero-order chi connectivity index (χ0) is 16.8. The Morgan fingerprint density at radius 3 is 3.17 bits per heavy atom. The van der Waals surface area contributed by atoms with Crippen molar-refractivity contribution in [1.29, 1.82) is 0 Å². The number of hydrogen-bond donors (Lipinski definition) is 1. The smallest absolute Gasteiger partial charge is 0.318 e. The second kappa shape index (κ2) is 8.14. The summed E-state index contributed by atoms with van der Waals surface area (Å²) in [7, 11) is 0. The predicted molar refractivity (Wildman–Crippen MR) is 91.3 cm³/mol. The van der Waals surface area contributed by atoms with Crippen molar-refractivity contribution in [3.05, 3.63) is 41.8 Å². The van der Waals surface area contributed by atoms with Crippen molar-refractivity contribution >= 4 is 17.8 Å². The standard InChI is InChI=1S/C16H21N5O2S/c1-24-11-14-19-15(23-20-14)10-18-16(22)21-9-5-3-7-13(21)12-6-2-4-8-17-12/h2,4,6,8,13H,3,5,7,9-11H2,1H3,(H,18,22)/t13-/m0/s1. The molecule has 128 valence electrons. The number of pyridine rings is 1. The van der Waals surface area contributed by atoms with Crippen LogP contribution in [0, 0.1) is 0 Å². The van der Waals surface area contributed by atoms with Crippen molar-refractivity contribution in [2.24, 2.45) is 0 Å². The summed E-state index contributed by atoms with van der Waals surface area (Å²) in [5.74, 6) is 1.78. The summed E-state index contributed by atoms with van der Waals surface area (Å²) < 4.78 is 5.15. The Labute approximate surface area is 145 Å². The number of amides is 2. The number of nitrogens with zero attached hydrogens (tertiary/aromatic N) is 4. The number of thioether (sulfide) groups is 1. The van der Waals surface area contributed by atoms with Gasteiger partial charge in [0.2, 0.25) is 5.89 Å². The first-order valence-electron chi connectivity index (χ1n) is 8.03. The molecule has 1 N–H and O–H groups in total. The zero-order valence-corrected chi connectivity index (χ0v) is 14.5. The third-order valence-corrected chi connectivity index (χ3v) is 4.51. The predicted octanol–water partition coefficient (Wildman–Crippen LogP) is 2.76. The van der Waals surface area contributed by atoms with E-state index in [2.05, 4.69) is 20.4 Å².